The first-order valence-corrected chi connectivity index (χ1v) is 10.7. The number of ketones is 1. The zero-order valence-corrected chi connectivity index (χ0v) is 17.1. The smallest absolute Gasteiger partial charge is 0.367 e. The molecule has 0 aromatic heterocycles. The Kier molecular flexibility index (Phi) is 4.90. The van der Waals surface area contributed by atoms with Gasteiger partial charge in [0.05, 0.1) is 10.8 Å². The lowest BCUT2D eigenvalue weighted by Gasteiger charge is -2.58. The van der Waals surface area contributed by atoms with Gasteiger partial charge in [0.1, 0.15) is 0 Å². The number of alkyl halides is 2. The molecule has 4 fully saturated rings. The van der Waals surface area contributed by atoms with Gasteiger partial charge in [-0.25, -0.2) is 8.42 Å². The van der Waals surface area contributed by atoms with Crippen molar-refractivity contribution in [1.82, 2.24) is 0 Å². The van der Waals surface area contributed by atoms with Gasteiger partial charge in [-0.15, -0.1) is 0 Å². The predicted octanol–water partition coefficient (Wildman–Crippen LogP) is 1.77. The van der Waals surface area contributed by atoms with Crippen molar-refractivity contribution >= 4 is 27.8 Å². The van der Waals surface area contributed by atoms with E-state index in [1.807, 2.05) is 0 Å². The number of Topliss-reactive ketones (excluding diaryl/α,β-unsaturated/α-hetero) is 1. The van der Waals surface area contributed by atoms with Crippen LogP contribution in [0.25, 0.3) is 0 Å². The lowest BCUT2D eigenvalue weighted by atomic mass is 9.47. The van der Waals surface area contributed by atoms with Gasteiger partial charge < -0.3 is 14.0 Å². The lowest BCUT2D eigenvalue weighted by Crippen LogP contribution is -2.65. The van der Waals surface area contributed by atoms with Gasteiger partial charge in [-0.1, -0.05) is 0 Å². The summed E-state index contributed by atoms with van der Waals surface area (Å²) in [6.45, 7) is 2.97. The molecule has 0 aromatic carbocycles. The first-order valence-electron chi connectivity index (χ1n) is 9.30. The minimum absolute atomic E-state index is 0.0612. The number of esters is 2. The summed E-state index contributed by atoms with van der Waals surface area (Å²) in [5.41, 5.74) is -3.73. The van der Waals surface area contributed by atoms with Crippen molar-refractivity contribution in [3.8, 4) is 0 Å². The van der Waals surface area contributed by atoms with Gasteiger partial charge in [0.2, 0.25) is 0 Å². The average molecular weight is 437 g/mol. The van der Waals surface area contributed by atoms with E-state index in [4.69, 9.17) is 4.74 Å². The van der Waals surface area contributed by atoms with Crippen LogP contribution in [-0.4, -0.2) is 48.2 Å². The van der Waals surface area contributed by atoms with E-state index in [0.29, 0.717) is 6.42 Å². The van der Waals surface area contributed by atoms with E-state index in [-0.39, 0.29) is 37.4 Å². The summed E-state index contributed by atoms with van der Waals surface area (Å²) in [7, 11) is -5.99. The molecule has 11 heteroatoms. The van der Waals surface area contributed by atoms with E-state index in [1.54, 1.807) is 20.8 Å². The fourth-order valence-corrected chi connectivity index (χ4v) is 5.10. The zero-order valence-electron chi connectivity index (χ0n) is 16.3. The first kappa shape index (κ1) is 22.1. The third-order valence-corrected chi connectivity index (χ3v) is 6.92. The summed E-state index contributed by atoms with van der Waals surface area (Å²) in [6.07, 6.45) is 0.895. The molecule has 0 amide bonds. The fourth-order valence-electron chi connectivity index (χ4n) is 4.89. The van der Waals surface area contributed by atoms with Crippen molar-refractivity contribution < 1.29 is 45.6 Å². The maximum absolute atomic E-state index is 13.4. The number of rotatable bonds is 5. The average Bonchev–Trinajstić information content (AvgIpc) is 2.54. The molecule has 0 saturated heterocycles. The van der Waals surface area contributed by atoms with E-state index in [1.165, 1.54) is 0 Å². The predicted molar refractivity (Wildman–Crippen MR) is 91.4 cm³/mol. The van der Waals surface area contributed by atoms with E-state index >= 15 is 0 Å². The fraction of sp³-hybridized carbons (Fsp3) is 0.833. The van der Waals surface area contributed by atoms with E-state index in [9.17, 15) is 36.1 Å². The zero-order chi connectivity index (χ0) is 22.0. The summed E-state index contributed by atoms with van der Waals surface area (Å²) >= 11 is 0. The quantitative estimate of drug-likeness (QED) is 0.470. The molecule has 4 aliphatic carbocycles. The Morgan fingerprint density at radius 2 is 1.83 bits per heavy atom. The van der Waals surface area contributed by atoms with Crippen LogP contribution in [-0.2, 0) is 34.0 Å². The van der Waals surface area contributed by atoms with Crippen molar-refractivity contribution in [2.75, 3.05) is 6.61 Å². The van der Waals surface area contributed by atoms with Crippen LogP contribution in [0.4, 0.5) is 8.78 Å². The number of halogens is 2. The SMILES string of the molecule is CC(C)(C)C(=O)OC12CC3CC(CC(C(=O)OCC(F)(F)S(=O)(=O)[O-])(C3)C1)C2=O. The summed E-state index contributed by atoms with van der Waals surface area (Å²) in [5, 5.41) is -4.75. The molecule has 4 rings (SSSR count). The van der Waals surface area contributed by atoms with Crippen LogP contribution in [0.2, 0.25) is 0 Å². The van der Waals surface area contributed by atoms with Crippen LogP contribution in [0.1, 0.15) is 52.9 Å². The van der Waals surface area contributed by atoms with Crippen molar-refractivity contribution in [3.05, 3.63) is 0 Å². The van der Waals surface area contributed by atoms with Crippen LogP contribution >= 0.6 is 0 Å². The largest absolute Gasteiger partial charge is 0.743 e. The first-order chi connectivity index (χ1) is 13.0. The molecule has 0 N–H and O–H groups in total. The van der Waals surface area contributed by atoms with Crippen molar-refractivity contribution in [2.24, 2.45) is 22.7 Å². The van der Waals surface area contributed by atoms with Crippen LogP contribution in [0.15, 0.2) is 0 Å². The molecule has 4 unspecified atom stereocenters. The second-order valence-corrected chi connectivity index (χ2v) is 11.0. The minimum atomic E-state index is -5.99. The van der Waals surface area contributed by atoms with Gasteiger partial charge in [-0.2, -0.15) is 8.78 Å². The second kappa shape index (κ2) is 6.44. The van der Waals surface area contributed by atoms with E-state index in [2.05, 4.69) is 4.74 Å². The third kappa shape index (κ3) is 3.67. The van der Waals surface area contributed by atoms with Gasteiger partial charge in [-0.05, 0) is 52.4 Å². The number of hydrogen-bond acceptors (Lipinski definition) is 8. The summed E-state index contributed by atoms with van der Waals surface area (Å²) in [5.74, 6) is -2.69. The molecule has 0 aromatic rings. The van der Waals surface area contributed by atoms with E-state index < -0.39 is 56.3 Å². The molecule has 4 atom stereocenters. The van der Waals surface area contributed by atoms with Crippen LogP contribution in [0, 0.1) is 22.7 Å². The Bertz CT molecular complexity index is 862. The molecule has 29 heavy (non-hydrogen) atoms. The highest BCUT2D eigenvalue weighted by Gasteiger charge is 2.67. The summed E-state index contributed by atoms with van der Waals surface area (Å²) < 4.78 is 68.8. The van der Waals surface area contributed by atoms with Crippen LogP contribution < -0.4 is 0 Å². The molecule has 0 spiro atoms. The molecule has 0 radical (unpaired) electrons. The lowest BCUT2D eigenvalue weighted by molar-refractivity contribution is -0.214. The molecule has 0 heterocycles. The number of hydrogen-bond donors (Lipinski definition) is 0. The molecule has 8 nitrogen and oxygen atoms in total. The Balaban J connectivity index is 1.84. The third-order valence-electron chi connectivity index (χ3n) is 6.07. The monoisotopic (exact) mass is 437 g/mol. The Morgan fingerprint density at radius 3 is 2.38 bits per heavy atom. The summed E-state index contributed by atoms with van der Waals surface area (Å²) in [4.78, 5) is 38.0. The molecule has 4 aliphatic rings. The maximum atomic E-state index is 13.4. The number of ether oxygens (including phenoxy) is 2. The highest BCUT2D eigenvalue weighted by Crippen LogP contribution is 2.62. The molecular weight excluding hydrogens is 414 g/mol. The standard InChI is InChI=1S/C18H24F2O8S/c1-15(2,3)13(22)28-17-6-10-4-11(12(17)21)7-16(5-10,8-17)14(23)27-9-18(19,20)29(24,25)26/h10-11H,4-9H2,1-3H3,(H,24,25,26)/p-1. The van der Waals surface area contributed by atoms with Gasteiger partial charge in [0.25, 0.3) is 0 Å². The van der Waals surface area contributed by atoms with Gasteiger partial charge in [0.15, 0.2) is 28.1 Å². The number of carbonyl (C=O) groups is 3. The van der Waals surface area contributed by atoms with Crippen molar-refractivity contribution in [2.45, 2.75) is 63.7 Å². The summed E-state index contributed by atoms with van der Waals surface area (Å²) in [6, 6.07) is 0. The van der Waals surface area contributed by atoms with E-state index in [0.717, 1.165) is 0 Å². The van der Waals surface area contributed by atoms with Gasteiger partial charge in [-0.3, -0.25) is 14.4 Å². The normalized spacial score (nSPS) is 34.2. The van der Waals surface area contributed by atoms with Gasteiger partial charge >= 0.3 is 17.2 Å². The molecule has 4 saturated carbocycles. The van der Waals surface area contributed by atoms with Crippen LogP contribution in [0.5, 0.6) is 0 Å². The molecule has 4 bridgehead atoms. The number of carbonyl (C=O) groups excluding carboxylic acids is 3. The van der Waals surface area contributed by atoms with Gasteiger partial charge in [0, 0.05) is 12.3 Å². The molecule has 0 aliphatic heterocycles. The maximum Gasteiger partial charge on any atom is 0.367 e. The minimum Gasteiger partial charge on any atom is -0.743 e. The Labute approximate surface area is 167 Å². The topological polar surface area (TPSA) is 127 Å². The second-order valence-electron chi connectivity index (χ2n) is 9.53. The van der Waals surface area contributed by atoms with Crippen molar-refractivity contribution in [1.29, 1.82) is 0 Å². The highest BCUT2D eigenvalue weighted by atomic mass is 32.2. The Hall–Kier alpha value is -1.62. The van der Waals surface area contributed by atoms with Crippen molar-refractivity contribution in [3.63, 3.8) is 0 Å². The van der Waals surface area contributed by atoms with Crippen LogP contribution in [0.3, 0.4) is 0 Å². The molecular formula is C18H23F2O8S-. The molecule has 164 valence electrons. The Morgan fingerprint density at radius 1 is 1.21 bits per heavy atom. The highest BCUT2D eigenvalue weighted by molar-refractivity contribution is 7.86.